The summed E-state index contributed by atoms with van der Waals surface area (Å²) in [6.45, 7) is 0. The number of hydrogen-bond donors (Lipinski definition) is 0. The van der Waals surface area contributed by atoms with E-state index in [0.29, 0.717) is 5.75 Å². The van der Waals surface area contributed by atoms with Gasteiger partial charge in [-0.25, -0.2) is 4.39 Å². The summed E-state index contributed by atoms with van der Waals surface area (Å²) in [5.41, 5.74) is 0.747. The molecule has 0 saturated carbocycles. The normalized spacial score (nSPS) is 10.5. The Hall–Kier alpha value is -0.320. The summed E-state index contributed by atoms with van der Waals surface area (Å²) in [4.78, 5) is 0. The van der Waals surface area contributed by atoms with Gasteiger partial charge in [-0.1, -0.05) is 28.1 Å². The molecule has 1 aromatic heterocycles. The van der Waals surface area contributed by atoms with E-state index < -0.39 is 0 Å². The van der Waals surface area contributed by atoms with Crippen molar-refractivity contribution in [1.29, 1.82) is 0 Å². The molecule has 1 aromatic carbocycles. The maximum Gasteiger partial charge on any atom is 0.128 e. The number of halogens is 2. The van der Waals surface area contributed by atoms with E-state index in [2.05, 4.69) is 15.9 Å². The molecule has 0 amide bonds. The maximum atomic E-state index is 13.4. The number of rotatable bonds is 3. The van der Waals surface area contributed by atoms with E-state index in [4.69, 9.17) is 0 Å². The fourth-order valence-electron chi connectivity index (χ4n) is 1.13. The van der Waals surface area contributed by atoms with E-state index in [0.717, 1.165) is 10.0 Å². The molecule has 0 aliphatic carbocycles. The molecule has 0 atom stereocenters. The van der Waals surface area contributed by atoms with E-state index in [1.54, 1.807) is 23.1 Å². The number of benzene rings is 1. The highest BCUT2D eigenvalue weighted by molar-refractivity contribution is 9.10. The van der Waals surface area contributed by atoms with Crippen molar-refractivity contribution in [2.24, 2.45) is 0 Å². The van der Waals surface area contributed by atoms with Crippen LogP contribution in [-0.2, 0) is 5.75 Å². The molecule has 0 spiro atoms. The molecule has 15 heavy (non-hydrogen) atoms. The Morgan fingerprint density at radius 3 is 2.87 bits per heavy atom. The molecule has 4 heteroatoms. The Kier molecular flexibility index (Phi) is 3.83. The summed E-state index contributed by atoms with van der Waals surface area (Å²) >= 11 is 6.59. The second kappa shape index (κ2) is 5.14. The topological polar surface area (TPSA) is 0 Å². The molecule has 0 bridgehead atoms. The Morgan fingerprint density at radius 1 is 1.33 bits per heavy atom. The van der Waals surface area contributed by atoms with Crippen LogP contribution in [0.5, 0.6) is 0 Å². The summed E-state index contributed by atoms with van der Waals surface area (Å²) in [5, 5.41) is 2.03. The van der Waals surface area contributed by atoms with Crippen LogP contribution >= 0.6 is 39.0 Å². The zero-order valence-electron chi connectivity index (χ0n) is 7.74. The molecular formula is C11H8BrFS2. The van der Waals surface area contributed by atoms with Gasteiger partial charge >= 0.3 is 0 Å². The Morgan fingerprint density at radius 2 is 2.20 bits per heavy atom. The fraction of sp³-hybridized carbons (Fsp3) is 0.0909. The van der Waals surface area contributed by atoms with E-state index in [9.17, 15) is 4.39 Å². The molecular weight excluding hydrogens is 295 g/mol. The minimum atomic E-state index is -0.145. The van der Waals surface area contributed by atoms with Crippen molar-refractivity contribution in [2.45, 2.75) is 9.96 Å². The van der Waals surface area contributed by atoms with Crippen molar-refractivity contribution < 1.29 is 4.39 Å². The van der Waals surface area contributed by atoms with Crippen LogP contribution in [0.2, 0.25) is 0 Å². The second-order valence-electron chi connectivity index (χ2n) is 2.96. The van der Waals surface area contributed by atoms with Crippen LogP contribution in [0.25, 0.3) is 0 Å². The largest absolute Gasteiger partial charge is 0.207 e. The molecule has 0 aliphatic rings. The lowest BCUT2D eigenvalue weighted by molar-refractivity contribution is 0.616. The SMILES string of the molecule is Fc1cc(Br)ccc1CSc1cccs1. The van der Waals surface area contributed by atoms with Gasteiger partial charge in [0, 0.05) is 10.2 Å². The van der Waals surface area contributed by atoms with E-state index in [1.807, 2.05) is 29.6 Å². The van der Waals surface area contributed by atoms with Crippen LogP contribution < -0.4 is 0 Å². The lowest BCUT2D eigenvalue weighted by Crippen LogP contribution is -1.86. The van der Waals surface area contributed by atoms with Gasteiger partial charge in [0.2, 0.25) is 0 Å². The third-order valence-corrected chi connectivity index (χ3v) is 4.55. The molecule has 0 unspecified atom stereocenters. The van der Waals surface area contributed by atoms with Gasteiger partial charge in [-0.05, 0) is 29.1 Å². The van der Waals surface area contributed by atoms with Gasteiger partial charge in [0.15, 0.2) is 0 Å². The van der Waals surface area contributed by atoms with E-state index in [-0.39, 0.29) is 5.82 Å². The van der Waals surface area contributed by atoms with Crippen molar-refractivity contribution in [3.63, 3.8) is 0 Å². The van der Waals surface area contributed by atoms with Crippen molar-refractivity contribution >= 4 is 39.0 Å². The first-order chi connectivity index (χ1) is 7.25. The quantitative estimate of drug-likeness (QED) is 0.724. The summed E-state index contributed by atoms with van der Waals surface area (Å²) in [7, 11) is 0. The van der Waals surface area contributed by atoms with Crippen LogP contribution in [0.1, 0.15) is 5.56 Å². The minimum absolute atomic E-state index is 0.145. The highest BCUT2D eigenvalue weighted by Crippen LogP contribution is 2.28. The van der Waals surface area contributed by atoms with Crippen LogP contribution in [0, 0.1) is 5.82 Å². The molecule has 78 valence electrons. The van der Waals surface area contributed by atoms with Gasteiger partial charge in [-0.15, -0.1) is 23.1 Å². The highest BCUT2D eigenvalue weighted by atomic mass is 79.9. The molecule has 0 aliphatic heterocycles. The fourth-order valence-corrected chi connectivity index (χ4v) is 3.24. The maximum absolute atomic E-state index is 13.4. The van der Waals surface area contributed by atoms with Gasteiger partial charge in [-0.3, -0.25) is 0 Å². The van der Waals surface area contributed by atoms with Crippen LogP contribution in [0.4, 0.5) is 4.39 Å². The first-order valence-corrected chi connectivity index (χ1v) is 7.02. The number of hydrogen-bond acceptors (Lipinski definition) is 2. The monoisotopic (exact) mass is 302 g/mol. The molecule has 2 aromatic rings. The third kappa shape index (κ3) is 3.06. The van der Waals surface area contributed by atoms with Gasteiger partial charge in [0.25, 0.3) is 0 Å². The first kappa shape index (κ1) is 11.2. The Balaban J connectivity index is 2.05. The second-order valence-corrected chi connectivity index (χ2v) is 6.10. The Bertz CT molecular complexity index is 440. The van der Waals surface area contributed by atoms with Crippen molar-refractivity contribution in [3.8, 4) is 0 Å². The van der Waals surface area contributed by atoms with E-state index in [1.165, 1.54) is 10.3 Å². The summed E-state index contributed by atoms with van der Waals surface area (Å²) < 4.78 is 15.4. The van der Waals surface area contributed by atoms with Crippen LogP contribution in [0.15, 0.2) is 44.4 Å². The van der Waals surface area contributed by atoms with E-state index >= 15 is 0 Å². The summed E-state index contributed by atoms with van der Waals surface area (Å²) in [6.07, 6.45) is 0. The van der Waals surface area contributed by atoms with Gasteiger partial charge in [-0.2, -0.15) is 0 Å². The minimum Gasteiger partial charge on any atom is -0.207 e. The molecule has 2 rings (SSSR count). The molecule has 0 fully saturated rings. The standard InChI is InChI=1S/C11H8BrFS2/c12-9-4-3-8(10(13)6-9)7-15-11-2-1-5-14-11/h1-6H,7H2. The highest BCUT2D eigenvalue weighted by Gasteiger charge is 2.03. The smallest absolute Gasteiger partial charge is 0.128 e. The lowest BCUT2D eigenvalue weighted by Gasteiger charge is -2.02. The third-order valence-electron chi connectivity index (χ3n) is 1.88. The summed E-state index contributed by atoms with van der Waals surface area (Å²) in [5.74, 6) is 0.535. The van der Waals surface area contributed by atoms with Crippen molar-refractivity contribution in [1.82, 2.24) is 0 Å². The molecule has 0 nitrogen and oxygen atoms in total. The van der Waals surface area contributed by atoms with Crippen LogP contribution in [0.3, 0.4) is 0 Å². The molecule has 0 radical (unpaired) electrons. The Labute approximate surface area is 105 Å². The molecule has 0 N–H and O–H groups in total. The average molecular weight is 303 g/mol. The zero-order valence-corrected chi connectivity index (χ0v) is 11.0. The first-order valence-electron chi connectivity index (χ1n) is 4.36. The van der Waals surface area contributed by atoms with Crippen LogP contribution in [-0.4, -0.2) is 0 Å². The lowest BCUT2D eigenvalue weighted by atomic mass is 10.2. The predicted molar refractivity (Wildman–Crippen MR) is 68.0 cm³/mol. The van der Waals surface area contributed by atoms with Crippen molar-refractivity contribution in [2.75, 3.05) is 0 Å². The van der Waals surface area contributed by atoms with Crippen molar-refractivity contribution in [3.05, 3.63) is 51.6 Å². The van der Waals surface area contributed by atoms with Gasteiger partial charge in [0.1, 0.15) is 5.82 Å². The molecule has 0 saturated heterocycles. The predicted octanol–water partition coefficient (Wildman–Crippen LogP) is 4.94. The van der Waals surface area contributed by atoms with Gasteiger partial charge < -0.3 is 0 Å². The van der Waals surface area contributed by atoms with Gasteiger partial charge in [0.05, 0.1) is 4.21 Å². The number of thioether (sulfide) groups is 1. The summed E-state index contributed by atoms with van der Waals surface area (Å²) in [6, 6.07) is 9.24. The average Bonchev–Trinajstić information content (AvgIpc) is 2.69. The zero-order chi connectivity index (χ0) is 10.7. The molecule has 1 heterocycles. The number of thiophene rings is 1.